The molecule has 1 aromatic rings. The number of likely N-dealkylation sites (tertiary alicyclic amines) is 2. The summed E-state index contributed by atoms with van der Waals surface area (Å²) in [5.41, 5.74) is 0.750. The van der Waals surface area contributed by atoms with Gasteiger partial charge in [0.05, 0.1) is 5.92 Å². The van der Waals surface area contributed by atoms with E-state index in [1.807, 2.05) is 35.2 Å². The van der Waals surface area contributed by atoms with E-state index in [-0.39, 0.29) is 23.8 Å². The van der Waals surface area contributed by atoms with Crippen molar-refractivity contribution in [2.75, 3.05) is 31.5 Å². The van der Waals surface area contributed by atoms with Crippen LogP contribution in [0.15, 0.2) is 30.3 Å². The van der Waals surface area contributed by atoms with Crippen LogP contribution in [-0.4, -0.2) is 60.0 Å². The number of para-hydroxylation sites is 1. The monoisotopic (exact) mass is 401 g/mol. The Bertz CT molecular complexity index is 693. The maximum atomic E-state index is 12.6. The summed E-state index contributed by atoms with van der Waals surface area (Å²) in [5, 5.41) is 2.86. The summed E-state index contributed by atoms with van der Waals surface area (Å²) in [5.74, 6) is -0.695. The molecule has 2 heterocycles. The fraction of sp³-hybridized carbons (Fsp3) is 0.591. The molecule has 29 heavy (non-hydrogen) atoms. The Morgan fingerprint density at radius 1 is 0.931 bits per heavy atom. The van der Waals surface area contributed by atoms with Gasteiger partial charge in [-0.2, -0.15) is 0 Å². The molecule has 2 fully saturated rings. The van der Waals surface area contributed by atoms with Gasteiger partial charge in [0.25, 0.3) is 5.91 Å². The molecule has 1 atom stereocenters. The molecule has 7 heteroatoms. The molecule has 0 saturated carbocycles. The lowest BCUT2D eigenvalue weighted by atomic mass is 9.97. The lowest BCUT2D eigenvalue weighted by Gasteiger charge is -2.31. The number of nitrogens with zero attached hydrogens (tertiary/aromatic N) is 2. The minimum absolute atomic E-state index is 0.0973. The highest BCUT2D eigenvalue weighted by Gasteiger charge is 2.31. The second-order valence-electron chi connectivity index (χ2n) is 7.88. The summed E-state index contributed by atoms with van der Waals surface area (Å²) >= 11 is 0. The Kier molecular flexibility index (Phi) is 7.49. The lowest BCUT2D eigenvalue weighted by Crippen LogP contribution is -2.44. The Hall–Kier alpha value is -2.57. The number of urea groups is 1. The average Bonchev–Trinajstić information content (AvgIpc) is 3.03. The van der Waals surface area contributed by atoms with Gasteiger partial charge in [-0.05, 0) is 44.7 Å². The van der Waals surface area contributed by atoms with Crippen molar-refractivity contribution in [1.29, 1.82) is 0 Å². The van der Waals surface area contributed by atoms with E-state index in [1.54, 1.807) is 11.8 Å². The summed E-state index contributed by atoms with van der Waals surface area (Å²) in [4.78, 5) is 41.0. The van der Waals surface area contributed by atoms with Gasteiger partial charge in [-0.15, -0.1) is 0 Å². The molecule has 3 rings (SSSR count). The van der Waals surface area contributed by atoms with Crippen molar-refractivity contribution in [1.82, 2.24) is 9.80 Å². The largest absolute Gasteiger partial charge is 0.452 e. The first-order valence-corrected chi connectivity index (χ1v) is 10.6. The highest BCUT2D eigenvalue weighted by Crippen LogP contribution is 2.21. The molecular weight excluding hydrogens is 370 g/mol. The number of benzene rings is 1. The van der Waals surface area contributed by atoms with Crippen LogP contribution in [0.25, 0.3) is 0 Å². The standard InChI is InChI=1S/C22H31N3O4/c1-17(20(26)24-13-7-2-3-8-14-24)29-21(27)18-11-15-25(16-12-18)22(28)23-19-9-5-4-6-10-19/h4-6,9-10,17-18H,2-3,7-8,11-16H2,1H3,(H,23,28)/t17-/m1/s1. The van der Waals surface area contributed by atoms with E-state index in [1.165, 1.54) is 0 Å². The number of hydrogen-bond acceptors (Lipinski definition) is 4. The summed E-state index contributed by atoms with van der Waals surface area (Å²) in [7, 11) is 0. The van der Waals surface area contributed by atoms with E-state index in [4.69, 9.17) is 4.74 Å². The topological polar surface area (TPSA) is 79.0 Å². The maximum Gasteiger partial charge on any atom is 0.321 e. The third-order valence-electron chi connectivity index (χ3n) is 5.70. The van der Waals surface area contributed by atoms with Crippen LogP contribution in [0.5, 0.6) is 0 Å². The molecule has 0 radical (unpaired) electrons. The third kappa shape index (κ3) is 5.95. The molecule has 1 aromatic carbocycles. The predicted molar refractivity (Wildman–Crippen MR) is 110 cm³/mol. The second-order valence-corrected chi connectivity index (χ2v) is 7.88. The summed E-state index contributed by atoms with van der Waals surface area (Å²) in [6.07, 6.45) is 4.66. The van der Waals surface area contributed by atoms with Crippen molar-refractivity contribution < 1.29 is 19.1 Å². The highest BCUT2D eigenvalue weighted by molar-refractivity contribution is 5.89. The number of carbonyl (C=O) groups is 3. The summed E-state index contributed by atoms with van der Waals surface area (Å²) in [6, 6.07) is 9.14. The molecule has 158 valence electrons. The van der Waals surface area contributed by atoms with E-state index < -0.39 is 6.10 Å². The molecule has 7 nitrogen and oxygen atoms in total. The fourth-order valence-corrected chi connectivity index (χ4v) is 3.91. The normalized spacial score (nSPS) is 19.2. The van der Waals surface area contributed by atoms with E-state index in [9.17, 15) is 14.4 Å². The summed E-state index contributed by atoms with van der Waals surface area (Å²) in [6.45, 7) is 4.14. The van der Waals surface area contributed by atoms with Crippen LogP contribution in [-0.2, 0) is 14.3 Å². The molecule has 0 spiro atoms. The first-order chi connectivity index (χ1) is 14.0. The number of nitrogens with one attached hydrogen (secondary N) is 1. The third-order valence-corrected chi connectivity index (χ3v) is 5.70. The Morgan fingerprint density at radius 2 is 1.55 bits per heavy atom. The number of ether oxygens (including phenoxy) is 1. The van der Waals surface area contributed by atoms with E-state index in [2.05, 4.69) is 5.32 Å². The van der Waals surface area contributed by atoms with Gasteiger partial charge < -0.3 is 19.9 Å². The van der Waals surface area contributed by atoms with Gasteiger partial charge in [0.1, 0.15) is 0 Å². The molecule has 0 bridgehead atoms. The van der Waals surface area contributed by atoms with Crippen LogP contribution in [0.1, 0.15) is 45.4 Å². The van der Waals surface area contributed by atoms with Crippen LogP contribution in [0.3, 0.4) is 0 Å². The minimum Gasteiger partial charge on any atom is -0.452 e. The zero-order valence-electron chi connectivity index (χ0n) is 17.1. The van der Waals surface area contributed by atoms with Gasteiger partial charge >= 0.3 is 12.0 Å². The molecule has 3 amide bonds. The Labute approximate surface area is 172 Å². The van der Waals surface area contributed by atoms with Crippen molar-refractivity contribution in [3.63, 3.8) is 0 Å². The molecular formula is C22H31N3O4. The lowest BCUT2D eigenvalue weighted by molar-refractivity contribution is -0.163. The first-order valence-electron chi connectivity index (χ1n) is 10.6. The Morgan fingerprint density at radius 3 is 2.17 bits per heavy atom. The minimum atomic E-state index is -0.750. The SMILES string of the molecule is C[C@@H](OC(=O)C1CCN(C(=O)Nc2ccccc2)CC1)C(=O)N1CCCCCC1. The zero-order chi connectivity index (χ0) is 20.6. The number of amides is 3. The van der Waals surface area contributed by atoms with E-state index in [0.29, 0.717) is 25.9 Å². The maximum absolute atomic E-state index is 12.6. The van der Waals surface area contributed by atoms with Gasteiger partial charge in [-0.1, -0.05) is 31.0 Å². The number of hydrogen-bond donors (Lipinski definition) is 1. The fourth-order valence-electron chi connectivity index (χ4n) is 3.91. The van der Waals surface area contributed by atoms with E-state index in [0.717, 1.165) is 44.5 Å². The summed E-state index contributed by atoms with van der Waals surface area (Å²) < 4.78 is 5.49. The molecule has 2 saturated heterocycles. The van der Waals surface area contributed by atoms with Crippen LogP contribution in [0.2, 0.25) is 0 Å². The van der Waals surface area contributed by atoms with Crippen LogP contribution < -0.4 is 5.32 Å². The van der Waals surface area contributed by atoms with Crippen molar-refractivity contribution in [3.8, 4) is 0 Å². The van der Waals surface area contributed by atoms with Gasteiger partial charge in [-0.3, -0.25) is 9.59 Å². The number of piperidine rings is 1. The van der Waals surface area contributed by atoms with Gasteiger partial charge in [0.2, 0.25) is 0 Å². The van der Waals surface area contributed by atoms with Crippen LogP contribution >= 0.6 is 0 Å². The Balaban J connectivity index is 1.43. The first kappa shape index (κ1) is 21.1. The van der Waals surface area contributed by atoms with Crippen molar-refractivity contribution >= 4 is 23.6 Å². The number of esters is 1. The number of rotatable bonds is 4. The molecule has 2 aliphatic rings. The molecule has 2 aliphatic heterocycles. The van der Waals surface area contributed by atoms with Gasteiger partial charge in [0.15, 0.2) is 6.10 Å². The molecule has 0 aromatic heterocycles. The zero-order valence-corrected chi connectivity index (χ0v) is 17.1. The van der Waals surface area contributed by atoms with E-state index >= 15 is 0 Å². The predicted octanol–water partition coefficient (Wildman–Crippen LogP) is 3.26. The number of anilines is 1. The van der Waals surface area contributed by atoms with Crippen LogP contribution in [0.4, 0.5) is 10.5 Å². The smallest absolute Gasteiger partial charge is 0.321 e. The quantitative estimate of drug-likeness (QED) is 0.786. The van der Waals surface area contributed by atoms with Crippen molar-refractivity contribution in [2.24, 2.45) is 5.92 Å². The van der Waals surface area contributed by atoms with Crippen molar-refractivity contribution in [2.45, 2.75) is 51.6 Å². The molecule has 0 unspecified atom stereocenters. The number of carbonyl (C=O) groups excluding carboxylic acids is 3. The van der Waals surface area contributed by atoms with Crippen molar-refractivity contribution in [3.05, 3.63) is 30.3 Å². The molecule has 1 N–H and O–H groups in total. The second kappa shape index (κ2) is 10.3. The van der Waals surface area contributed by atoms with Crippen LogP contribution in [0, 0.1) is 5.92 Å². The molecule has 0 aliphatic carbocycles. The van der Waals surface area contributed by atoms with Gasteiger partial charge in [0, 0.05) is 31.9 Å². The highest BCUT2D eigenvalue weighted by atomic mass is 16.5. The average molecular weight is 402 g/mol. The van der Waals surface area contributed by atoms with Gasteiger partial charge in [-0.25, -0.2) is 4.79 Å².